The van der Waals surface area contributed by atoms with E-state index in [4.69, 9.17) is 0 Å². The van der Waals surface area contributed by atoms with Crippen LogP contribution >= 0.6 is 0 Å². The number of aromatic nitrogens is 4. The van der Waals surface area contributed by atoms with Crippen LogP contribution in [-0.4, -0.2) is 37.3 Å². The van der Waals surface area contributed by atoms with Crippen LogP contribution in [0.3, 0.4) is 0 Å². The maximum Gasteiger partial charge on any atom is 0.110 e. The molecule has 0 amide bonds. The highest BCUT2D eigenvalue weighted by molar-refractivity contribution is 5.35. The minimum absolute atomic E-state index is 0.548. The van der Waals surface area contributed by atoms with E-state index in [0.717, 1.165) is 31.2 Å². The molecule has 0 bridgehead atoms. The Labute approximate surface area is 155 Å². The van der Waals surface area contributed by atoms with E-state index < -0.39 is 0 Å². The molecule has 5 heteroatoms. The third kappa shape index (κ3) is 3.44. The van der Waals surface area contributed by atoms with Crippen LogP contribution in [0.1, 0.15) is 41.7 Å². The average molecular weight is 349 g/mol. The van der Waals surface area contributed by atoms with Crippen LogP contribution in [0.2, 0.25) is 0 Å². The molecule has 1 fully saturated rings. The number of benzene rings is 1. The number of imidazole rings is 1. The van der Waals surface area contributed by atoms with Crippen LogP contribution in [-0.2, 0) is 6.54 Å². The zero-order valence-corrected chi connectivity index (χ0v) is 15.9. The van der Waals surface area contributed by atoms with E-state index >= 15 is 0 Å². The summed E-state index contributed by atoms with van der Waals surface area (Å²) in [7, 11) is 0. The maximum atomic E-state index is 4.67. The molecule has 26 heavy (non-hydrogen) atoms. The fourth-order valence-corrected chi connectivity index (χ4v) is 4.01. The molecule has 0 N–H and O–H groups in total. The average Bonchev–Trinajstić information content (AvgIpc) is 3.21. The largest absolute Gasteiger partial charge is 0.304 e. The van der Waals surface area contributed by atoms with Crippen molar-refractivity contribution in [3.63, 3.8) is 0 Å². The Bertz CT molecular complexity index is 866. The van der Waals surface area contributed by atoms with Gasteiger partial charge in [-0.05, 0) is 57.4 Å². The van der Waals surface area contributed by atoms with Crippen molar-refractivity contribution in [3.05, 3.63) is 65.5 Å². The Hall–Kier alpha value is -2.40. The summed E-state index contributed by atoms with van der Waals surface area (Å²) in [5.74, 6) is 1.02. The molecule has 136 valence electrons. The Balaban J connectivity index is 1.36. The van der Waals surface area contributed by atoms with E-state index in [2.05, 4.69) is 68.4 Å². The van der Waals surface area contributed by atoms with E-state index in [1.54, 1.807) is 0 Å². The molecule has 3 aromatic rings. The zero-order valence-electron chi connectivity index (χ0n) is 15.9. The van der Waals surface area contributed by atoms with Crippen molar-refractivity contribution in [2.75, 3.05) is 13.1 Å². The normalized spacial score (nSPS) is 16.3. The minimum Gasteiger partial charge on any atom is -0.304 e. The first-order chi connectivity index (χ1) is 12.6. The summed E-state index contributed by atoms with van der Waals surface area (Å²) in [4.78, 5) is 6.85. The van der Waals surface area contributed by atoms with Gasteiger partial charge in [-0.2, -0.15) is 5.10 Å². The minimum atomic E-state index is 0.548. The number of hydrogen-bond acceptors (Lipinski definition) is 3. The lowest BCUT2D eigenvalue weighted by molar-refractivity contribution is 0.172. The van der Waals surface area contributed by atoms with Crippen molar-refractivity contribution < 1.29 is 0 Å². The van der Waals surface area contributed by atoms with Gasteiger partial charge in [-0.3, -0.25) is 9.58 Å². The third-order valence-corrected chi connectivity index (χ3v) is 5.39. The number of aryl methyl sites for hydroxylation is 3. The quantitative estimate of drug-likeness (QED) is 0.718. The number of likely N-dealkylation sites (tertiary alicyclic amines) is 1. The van der Waals surface area contributed by atoms with Crippen LogP contribution in [0.4, 0.5) is 0 Å². The van der Waals surface area contributed by atoms with Gasteiger partial charge in [-0.15, -0.1) is 0 Å². The molecule has 0 atom stereocenters. The zero-order chi connectivity index (χ0) is 18.1. The van der Waals surface area contributed by atoms with Gasteiger partial charge in [0.1, 0.15) is 5.82 Å². The van der Waals surface area contributed by atoms with Gasteiger partial charge in [0.2, 0.25) is 0 Å². The van der Waals surface area contributed by atoms with Crippen LogP contribution in [0.15, 0.2) is 42.7 Å². The topological polar surface area (TPSA) is 38.9 Å². The lowest BCUT2D eigenvalue weighted by Gasteiger charge is -2.32. The predicted molar refractivity (Wildman–Crippen MR) is 104 cm³/mol. The Morgan fingerprint density at radius 3 is 2.35 bits per heavy atom. The molecule has 0 spiro atoms. The summed E-state index contributed by atoms with van der Waals surface area (Å²) in [6.07, 6.45) is 6.20. The molecule has 1 aliphatic heterocycles. The molecule has 1 aliphatic rings. The molecule has 3 heterocycles. The van der Waals surface area contributed by atoms with E-state index in [0.29, 0.717) is 6.04 Å². The first-order valence-electron chi connectivity index (χ1n) is 9.44. The van der Waals surface area contributed by atoms with E-state index in [9.17, 15) is 0 Å². The van der Waals surface area contributed by atoms with Crippen molar-refractivity contribution in [1.29, 1.82) is 0 Å². The SMILES string of the molecule is Cc1cc(C)n(C2CCN(Cc3ccc(-n4ccnc4C)cc3)CC2)n1. The Morgan fingerprint density at radius 1 is 1.04 bits per heavy atom. The molecule has 0 aliphatic carbocycles. The van der Waals surface area contributed by atoms with Crippen molar-refractivity contribution in [3.8, 4) is 5.69 Å². The molecule has 1 saturated heterocycles. The highest BCUT2D eigenvalue weighted by Crippen LogP contribution is 2.25. The molecule has 0 radical (unpaired) electrons. The van der Waals surface area contributed by atoms with Crippen LogP contribution < -0.4 is 0 Å². The summed E-state index contributed by atoms with van der Waals surface area (Å²) in [6.45, 7) is 9.55. The van der Waals surface area contributed by atoms with Gasteiger partial charge in [0.15, 0.2) is 0 Å². The summed E-state index contributed by atoms with van der Waals surface area (Å²) in [6, 6.07) is 11.6. The molecule has 0 unspecified atom stereocenters. The summed E-state index contributed by atoms with van der Waals surface area (Å²) >= 11 is 0. The van der Waals surface area contributed by atoms with Gasteiger partial charge < -0.3 is 4.57 Å². The molecule has 2 aromatic heterocycles. The first kappa shape index (κ1) is 17.0. The molecule has 1 aromatic carbocycles. The molecular weight excluding hydrogens is 322 g/mol. The first-order valence-corrected chi connectivity index (χ1v) is 9.44. The van der Waals surface area contributed by atoms with Crippen LogP contribution in [0.5, 0.6) is 0 Å². The molecule has 5 nitrogen and oxygen atoms in total. The summed E-state index contributed by atoms with van der Waals surface area (Å²) in [5, 5.41) is 4.67. The second-order valence-electron chi connectivity index (χ2n) is 7.39. The van der Waals surface area contributed by atoms with Gasteiger partial charge in [-0.1, -0.05) is 12.1 Å². The second-order valence-corrected chi connectivity index (χ2v) is 7.39. The van der Waals surface area contributed by atoms with Crippen molar-refractivity contribution in [2.45, 2.75) is 46.2 Å². The van der Waals surface area contributed by atoms with Crippen LogP contribution in [0, 0.1) is 20.8 Å². The number of hydrogen-bond donors (Lipinski definition) is 0. The predicted octanol–water partition coefficient (Wildman–Crippen LogP) is 3.83. The van der Waals surface area contributed by atoms with Gasteiger partial charge in [-0.25, -0.2) is 4.98 Å². The lowest BCUT2D eigenvalue weighted by atomic mass is 10.0. The summed E-state index contributed by atoms with van der Waals surface area (Å²) in [5.41, 5.74) is 4.95. The van der Waals surface area contributed by atoms with Crippen molar-refractivity contribution in [1.82, 2.24) is 24.2 Å². The van der Waals surface area contributed by atoms with Crippen LogP contribution in [0.25, 0.3) is 5.69 Å². The van der Waals surface area contributed by atoms with Gasteiger partial charge in [0.25, 0.3) is 0 Å². The standard InChI is InChI=1S/C21H27N5/c1-16-14-17(2)26(23-16)21-8-11-24(12-9-21)15-19-4-6-20(7-5-19)25-13-10-22-18(25)3/h4-7,10,13-14,21H,8-9,11-12,15H2,1-3H3. The molecular formula is C21H27N5. The highest BCUT2D eigenvalue weighted by atomic mass is 15.3. The number of piperidine rings is 1. The fraction of sp³-hybridized carbons (Fsp3) is 0.429. The Morgan fingerprint density at radius 2 is 1.77 bits per heavy atom. The number of nitrogens with zero attached hydrogens (tertiary/aromatic N) is 5. The fourth-order valence-electron chi connectivity index (χ4n) is 4.01. The van der Waals surface area contributed by atoms with Gasteiger partial charge >= 0.3 is 0 Å². The molecule has 4 rings (SSSR count). The van der Waals surface area contributed by atoms with Crippen molar-refractivity contribution in [2.24, 2.45) is 0 Å². The highest BCUT2D eigenvalue weighted by Gasteiger charge is 2.22. The second kappa shape index (κ2) is 7.08. The summed E-state index contributed by atoms with van der Waals surface area (Å²) < 4.78 is 4.35. The smallest absolute Gasteiger partial charge is 0.110 e. The van der Waals surface area contributed by atoms with Gasteiger partial charge in [0, 0.05) is 43.4 Å². The van der Waals surface area contributed by atoms with Gasteiger partial charge in [0.05, 0.1) is 11.7 Å². The monoisotopic (exact) mass is 349 g/mol. The maximum absolute atomic E-state index is 4.67. The van der Waals surface area contributed by atoms with E-state index in [1.165, 1.54) is 29.8 Å². The lowest BCUT2D eigenvalue weighted by Crippen LogP contribution is -2.34. The number of rotatable bonds is 4. The van der Waals surface area contributed by atoms with Crippen molar-refractivity contribution >= 4 is 0 Å². The van der Waals surface area contributed by atoms with E-state index in [-0.39, 0.29) is 0 Å². The van der Waals surface area contributed by atoms with E-state index in [1.807, 2.05) is 19.3 Å². The molecule has 0 saturated carbocycles. The Kier molecular flexibility index (Phi) is 4.64. The third-order valence-electron chi connectivity index (χ3n) is 5.39.